The number of nitrogens with one attached hydrogen (secondary N) is 1. The lowest BCUT2D eigenvalue weighted by Gasteiger charge is -2.23. The molecule has 0 spiro atoms. The molecule has 124 valence electrons. The summed E-state index contributed by atoms with van der Waals surface area (Å²) in [4.78, 5) is 24.2. The smallest absolute Gasteiger partial charge is 0.287 e. The summed E-state index contributed by atoms with van der Waals surface area (Å²) < 4.78 is 11.5. The topological polar surface area (TPSA) is 68.5 Å². The number of fused-ring (bicyclic) bond motifs is 1. The summed E-state index contributed by atoms with van der Waals surface area (Å²) in [6.45, 7) is 1.48. The van der Waals surface area contributed by atoms with Crippen molar-refractivity contribution in [3.05, 3.63) is 40.2 Å². The predicted molar refractivity (Wildman–Crippen MR) is 88.9 cm³/mol. The molecule has 1 aromatic carbocycles. The van der Waals surface area contributed by atoms with Gasteiger partial charge in [0, 0.05) is 25.1 Å². The van der Waals surface area contributed by atoms with Gasteiger partial charge in [-0.25, -0.2) is 0 Å². The Morgan fingerprint density at radius 1 is 1.26 bits per heavy atom. The number of hydrogen-bond donors (Lipinski definition) is 1. The van der Waals surface area contributed by atoms with Gasteiger partial charge in [-0.15, -0.1) is 0 Å². The van der Waals surface area contributed by atoms with Gasteiger partial charge in [-0.05, 0) is 12.1 Å². The molecule has 0 aliphatic heterocycles. The number of rotatable bonds is 6. The third-order valence-electron chi connectivity index (χ3n) is 3.45. The van der Waals surface area contributed by atoms with Gasteiger partial charge in [0.05, 0.1) is 40.2 Å². The van der Waals surface area contributed by atoms with Crippen molar-refractivity contribution in [3.8, 4) is 5.75 Å². The largest absolute Gasteiger partial charge is 0.497 e. The van der Waals surface area contributed by atoms with E-state index in [1.807, 2.05) is 0 Å². The molecule has 0 radical (unpaired) electrons. The molecule has 0 atom stereocenters. The maximum Gasteiger partial charge on any atom is 0.287 e. The Morgan fingerprint density at radius 2 is 2.00 bits per heavy atom. The van der Waals surface area contributed by atoms with E-state index in [2.05, 4.69) is 26.5 Å². The first-order valence-corrected chi connectivity index (χ1v) is 7.51. The molecule has 2 aromatic rings. The second-order valence-electron chi connectivity index (χ2n) is 6.46. The van der Waals surface area contributed by atoms with Crippen molar-refractivity contribution >= 4 is 16.9 Å². The number of quaternary nitrogens is 1. The van der Waals surface area contributed by atoms with E-state index in [0.717, 1.165) is 17.4 Å². The fourth-order valence-electron chi connectivity index (χ4n) is 2.22. The maximum atomic E-state index is 12.1. The molecule has 23 heavy (non-hydrogen) atoms. The van der Waals surface area contributed by atoms with Gasteiger partial charge in [0.2, 0.25) is 0 Å². The summed E-state index contributed by atoms with van der Waals surface area (Å²) in [5, 5.41) is 3.20. The highest BCUT2D eigenvalue weighted by Crippen LogP contribution is 2.19. The minimum atomic E-state index is -0.381. The van der Waals surface area contributed by atoms with Crippen molar-refractivity contribution < 1.29 is 18.4 Å². The Bertz CT molecular complexity index is 759. The number of methoxy groups -OCH3 is 1. The predicted octanol–water partition coefficient (Wildman–Crippen LogP) is 1.63. The third-order valence-corrected chi connectivity index (χ3v) is 3.45. The number of carbonyl (C=O) groups excluding carboxylic acids is 1. The zero-order valence-electron chi connectivity index (χ0n) is 14.0. The minimum Gasteiger partial charge on any atom is -0.497 e. The van der Waals surface area contributed by atoms with Gasteiger partial charge >= 0.3 is 0 Å². The van der Waals surface area contributed by atoms with E-state index in [9.17, 15) is 9.59 Å². The van der Waals surface area contributed by atoms with Crippen molar-refractivity contribution in [2.75, 3.05) is 41.3 Å². The van der Waals surface area contributed by atoms with Crippen molar-refractivity contribution in [1.29, 1.82) is 0 Å². The average Bonchev–Trinajstić information content (AvgIpc) is 2.49. The van der Waals surface area contributed by atoms with Gasteiger partial charge in [0.15, 0.2) is 11.2 Å². The zero-order chi connectivity index (χ0) is 17.0. The molecule has 1 amide bonds. The van der Waals surface area contributed by atoms with Crippen molar-refractivity contribution in [1.82, 2.24) is 5.32 Å². The van der Waals surface area contributed by atoms with Gasteiger partial charge < -0.3 is 19.0 Å². The first-order chi connectivity index (χ1) is 10.8. The molecule has 2 rings (SSSR count). The van der Waals surface area contributed by atoms with Gasteiger partial charge in [0.1, 0.15) is 11.3 Å². The zero-order valence-corrected chi connectivity index (χ0v) is 14.0. The lowest BCUT2D eigenvalue weighted by molar-refractivity contribution is -0.870. The SMILES string of the molecule is COc1ccc2c(=O)cc(C(=O)NCCC[N+](C)(C)C)oc2c1. The standard InChI is InChI=1S/C17H22N2O4/c1-19(2,3)9-5-8-18-17(21)16-11-14(20)13-7-6-12(22-4)10-15(13)23-16/h6-7,10-11H,5,8-9H2,1-4H3/p+1. The first kappa shape index (κ1) is 17.0. The Kier molecular flexibility index (Phi) is 5.05. The lowest BCUT2D eigenvalue weighted by atomic mass is 10.2. The van der Waals surface area contributed by atoms with E-state index >= 15 is 0 Å². The molecular formula is C17H23N2O4+. The van der Waals surface area contributed by atoms with Crippen LogP contribution < -0.4 is 15.5 Å². The minimum absolute atomic E-state index is 0.0148. The number of hydrogen-bond acceptors (Lipinski definition) is 4. The van der Waals surface area contributed by atoms with E-state index < -0.39 is 0 Å². The molecule has 0 bridgehead atoms. The van der Waals surface area contributed by atoms with E-state index in [1.54, 1.807) is 18.2 Å². The number of nitrogens with zero attached hydrogens (tertiary/aromatic N) is 1. The number of benzene rings is 1. The third kappa shape index (κ3) is 4.56. The van der Waals surface area contributed by atoms with Crippen LogP contribution in [0, 0.1) is 0 Å². The molecule has 0 saturated heterocycles. The highest BCUT2D eigenvalue weighted by Gasteiger charge is 2.13. The molecule has 0 unspecified atom stereocenters. The first-order valence-electron chi connectivity index (χ1n) is 7.51. The van der Waals surface area contributed by atoms with Crippen LogP contribution in [0.1, 0.15) is 17.0 Å². The monoisotopic (exact) mass is 319 g/mol. The van der Waals surface area contributed by atoms with Crippen LogP contribution in [-0.4, -0.2) is 51.7 Å². The van der Waals surface area contributed by atoms with Gasteiger partial charge in [-0.3, -0.25) is 9.59 Å². The van der Waals surface area contributed by atoms with Crippen LogP contribution in [0.5, 0.6) is 5.75 Å². The van der Waals surface area contributed by atoms with Crippen LogP contribution in [0.25, 0.3) is 11.0 Å². The molecule has 0 saturated carbocycles. The number of carbonyl (C=O) groups is 1. The molecule has 1 N–H and O–H groups in total. The Labute approximate surface area is 135 Å². The Morgan fingerprint density at radius 3 is 2.65 bits per heavy atom. The summed E-state index contributed by atoms with van der Waals surface area (Å²) in [5.74, 6) is 0.204. The quantitative estimate of drug-likeness (QED) is 0.649. The highest BCUT2D eigenvalue weighted by molar-refractivity contribution is 5.93. The summed E-state index contributed by atoms with van der Waals surface area (Å²) in [6.07, 6.45) is 0.848. The van der Waals surface area contributed by atoms with Crippen molar-refractivity contribution in [3.63, 3.8) is 0 Å². The highest BCUT2D eigenvalue weighted by atomic mass is 16.5. The number of amides is 1. The lowest BCUT2D eigenvalue weighted by Crippen LogP contribution is -2.37. The van der Waals surface area contributed by atoms with Crippen LogP contribution in [0.2, 0.25) is 0 Å². The molecule has 6 heteroatoms. The Balaban J connectivity index is 2.13. The van der Waals surface area contributed by atoms with E-state index in [4.69, 9.17) is 9.15 Å². The fraction of sp³-hybridized carbons (Fsp3) is 0.412. The Hall–Kier alpha value is -2.34. The van der Waals surface area contributed by atoms with Crippen molar-refractivity contribution in [2.24, 2.45) is 0 Å². The molecule has 0 aliphatic rings. The second-order valence-corrected chi connectivity index (χ2v) is 6.46. The van der Waals surface area contributed by atoms with E-state index in [1.165, 1.54) is 13.2 Å². The van der Waals surface area contributed by atoms with Crippen LogP contribution in [0.4, 0.5) is 0 Å². The summed E-state index contributed by atoms with van der Waals surface area (Å²) in [6, 6.07) is 6.14. The summed E-state index contributed by atoms with van der Waals surface area (Å²) >= 11 is 0. The molecular weight excluding hydrogens is 296 g/mol. The van der Waals surface area contributed by atoms with E-state index in [0.29, 0.717) is 23.3 Å². The van der Waals surface area contributed by atoms with Gasteiger partial charge in [-0.1, -0.05) is 0 Å². The maximum absolute atomic E-state index is 12.1. The van der Waals surface area contributed by atoms with Crippen LogP contribution in [0.15, 0.2) is 33.5 Å². The van der Waals surface area contributed by atoms with E-state index in [-0.39, 0.29) is 17.1 Å². The summed E-state index contributed by atoms with van der Waals surface area (Å²) in [7, 11) is 7.82. The van der Waals surface area contributed by atoms with Crippen LogP contribution >= 0.6 is 0 Å². The van der Waals surface area contributed by atoms with Crippen LogP contribution in [0.3, 0.4) is 0 Å². The molecule has 0 aliphatic carbocycles. The number of ether oxygens (including phenoxy) is 1. The van der Waals surface area contributed by atoms with Crippen molar-refractivity contribution in [2.45, 2.75) is 6.42 Å². The molecule has 1 heterocycles. The van der Waals surface area contributed by atoms with Gasteiger partial charge in [-0.2, -0.15) is 0 Å². The van der Waals surface area contributed by atoms with Gasteiger partial charge in [0.25, 0.3) is 5.91 Å². The summed E-state index contributed by atoms with van der Waals surface area (Å²) in [5.41, 5.74) is 0.0961. The normalized spacial score (nSPS) is 11.5. The average molecular weight is 319 g/mol. The molecule has 1 aromatic heterocycles. The molecule has 6 nitrogen and oxygen atoms in total. The van der Waals surface area contributed by atoms with Crippen LogP contribution in [-0.2, 0) is 0 Å². The second kappa shape index (κ2) is 6.83. The molecule has 0 fully saturated rings. The fourth-order valence-corrected chi connectivity index (χ4v) is 2.22.